The number of rotatable bonds is 5. The van der Waals surface area contributed by atoms with Gasteiger partial charge in [0.2, 0.25) is 0 Å². The van der Waals surface area contributed by atoms with Crippen molar-refractivity contribution < 1.29 is 1.43 Å². The molecule has 60 heavy (non-hydrogen) atoms. The summed E-state index contributed by atoms with van der Waals surface area (Å²) in [6, 6.07) is 79.1. The summed E-state index contributed by atoms with van der Waals surface area (Å²) in [5.41, 5.74) is 23.9. The Morgan fingerprint density at radius 2 is 0.733 bits per heavy atom. The van der Waals surface area contributed by atoms with E-state index in [1.807, 2.05) is 0 Å². The van der Waals surface area contributed by atoms with E-state index in [4.69, 9.17) is 0 Å². The standard InChI is InChI=1S/C58H41N.CH4.H2/c1-57(2)51-23-10-6-19-45(51)49-33-32-44(37-56(49)57)59(42-30-27-39(28-31-42)38-15-4-3-5-16-38)43-18-14-17-40(35-43)41-29-34-55-50(36-41)48-22-9-13-26-54(48)58(55)52-24-11-7-20-46(52)47-21-8-12-25-53(47)58;;/h3-37H,1-2H3;1H4;1H. The third-order valence-corrected chi connectivity index (χ3v) is 13.5. The molecule has 1 heteroatoms. The van der Waals surface area contributed by atoms with Crippen LogP contribution >= 0.6 is 0 Å². The molecule has 0 unspecified atom stereocenters. The van der Waals surface area contributed by atoms with Gasteiger partial charge in [-0.1, -0.05) is 191 Å². The summed E-state index contributed by atoms with van der Waals surface area (Å²) < 4.78 is 0. The number of fused-ring (bicyclic) bond motifs is 13. The van der Waals surface area contributed by atoms with Gasteiger partial charge in [0.1, 0.15) is 0 Å². The van der Waals surface area contributed by atoms with E-state index in [1.54, 1.807) is 0 Å². The molecule has 0 aliphatic heterocycles. The molecular formula is C59H47N. The molecule has 0 aromatic heterocycles. The molecule has 0 amide bonds. The van der Waals surface area contributed by atoms with Crippen LogP contribution in [0.3, 0.4) is 0 Å². The Kier molecular flexibility index (Phi) is 8.03. The van der Waals surface area contributed by atoms with E-state index in [9.17, 15) is 0 Å². The molecule has 0 heterocycles. The molecule has 9 aromatic carbocycles. The van der Waals surface area contributed by atoms with E-state index in [2.05, 4.69) is 231 Å². The molecule has 1 spiro atoms. The topological polar surface area (TPSA) is 3.24 Å². The summed E-state index contributed by atoms with van der Waals surface area (Å²) in [4.78, 5) is 2.43. The average Bonchev–Trinajstić information content (AvgIpc) is 3.85. The van der Waals surface area contributed by atoms with Crippen molar-refractivity contribution in [3.8, 4) is 55.6 Å². The summed E-state index contributed by atoms with van der Waals surface area (Å²) in [6.45, 7) is 4.72. The molecule has 0 fully saturated rings. The SMILES string of the molecule is C.CC1(C)c2ccccc2-c2ccc(N(c3ccc(-c4ccccc4)cc3)c3cccc(-c4ccc5c(c4)-c4ccccc4C54c5ccccc5-c5ccccc54)c3)cc21.[HH]. The third-order valence-electron chi connectivity index (χ3n) is 13.5. The van der Waals surface area contributed by atoms with Gasteiger partial charge in [0, 0.05) is 23.9 Å². The highest BCUT2D eigenvalue weighted by atomic mass is 15.1. The van der Waals surface area contributed by atoms with Gasteiger partial charge in [0.05, 0.1) is 5.41 Å². The molecule has 0 N–H and O–H groups in total. The summed E-state index contributed by atoms with van der Waals surface area (Å²) in [5.74, 6) is 0. The highest BCUT2D eigenvalue weighted by Gasteiger charge is 2.51. The maximum absolute atomic E-state index is 2.44. The molecule has 0 atom stereocenters. The summed E-state index contributed by atoms with van der Waals surface area (Å²) in [5, 5.41) is 0. The molecule has 0 saturated heterocycles. The van der Waals surface area contributed by atoms with Crippen molar-refractivity contribution in [1.82, 2.24) is 0 Å². The van der Waals surface area contributed by atoms with Gasteiger partial charge in [-0.05, 0) is 131 Å². The minimum Gasteiger partial charge on any atom is -0.310 e. The fourth-order valence-corrected chi connectivity index (χ4v) is 10.8. The second-order valence-corrected chi connectivity index (χ2v) is 16.8. The summed E-state index contributed by atoms with van der Waals surface area (Å²) >= 11 is 0. The number of benzene rings is 9. The molecule has 12 rings (SSSR count). The monoisotopic (exact) mass is 769 g/mol. The quantitative estimate of drug-likeness (QED) is 0.169. The van der Waals surface area contributed by atoms with Crippen LogP contribution in [-0.4, -0.2) is 0 Å². The van der Waals surface area contributed by atoms with Gasteiger partial charge >= 0.3 is 0 Å². The Labute approximate surface area is 355 Å². The normalized spacial score (nSPS) is 14.0. The summed E-state index contributed by atoms with van der Waals surface area (Å²) in [6.07, 6.45) is 0. The van der Waals surface area contributed by atoms with Crippen molar-refractivity contribution in [2.75, 3.05) is 4.90 Å². The summed E-state index contributed by atoms with van der Waals surface area (Å²) in [7, 11) is 0. The molecule has 1 nitrogen and oxygen atoms in total. The van der Waals surface area contributed by atoms with E-state index in [-0.39, 0.29) is 19.7 Å². The number of hydrogen-bond donors (Lipinski definition) is 0. The van der Waals surface area contributed by atoms with Crippen LogP contribution in [0.2, 0.25) is 0 Å². The van der Waals surface area contributed by atoms with Gasteiger partial charge in [0.15, 0.2) is 0 Å². The van der Waals surface area contributed by atoms with E-state index < -0.39 is 0 Å². The predicted molar refractivity (Wildman–Crippen MR) is 255 cm³/mol. The van der Waals surface area contributed by atoms with Crippen LogP contribution in [0.1, 0.15) is 56.1 Å². The number of nitrogens with zero attached hydrogens (tertiary/aromatic N) is 1. The van der Waals surface area contributed by atoms with Gasteiger partial charge in [-0.25, -0.2) is 0 Å². The number of anilines is 3. The lowest BCUT2D eigenvalue weighted by molar-refractivity contribution is 0.660. The van der Waals surface area contributed by atoms with Crippen LogP contribution in [0.5, 0.6) is 0 Å². The molecule has 0 bridgehead atoms. The predicted octanol–water partition coefficient (Wildman–Crippen LogP) is 16.0. The molecule has 3 aliphatic rings. The fraction of sp³-hybridized carbons (Fsp3) is 0.0847. The van der Waals surface area contributed by atoms with Gasteiger partial charge in [-0.2, -0.15) is 0 Å². The van der Waals surface area contributed by atoms with Crippen LogP contribution in [0.25, 0.3) is 55.6 Å². The first kappa shape index (κ1) is 35.9. The van der Waals surface area contributed by atoms with Gasteiger partial charge in [0.25, 0.3) is 0 Å². The zero-order chi connectivity index (χ0) is 39.3. The number of hydrogen-bond acceptors (Lipinski definition) is 1. The lowest BCUT2D eigenvalue weighted by Gasteiger charge is -2.30. The van der Waals surface area contributed by atoms with Crippen molar-refractivity contribution in [2.24, 2.45) is 0 Å². The highest BCUT2D eigenvalue weighted by molar-refractivity contribution is 5.96. The Balaban J connectivity index is 0.00000223. The Morgan fingerprint density at radius 1 is 0.300 bits per heavy atom. The van der Waals surface area contributed by atoms with Gasteiger partial charge in [-0.15, -0.1) is 0 Å². The molecule has 0 saturated carbocycles. The molecule has 288 valence electrons. The Morgan fingerprint density at radius 3 is 1.38 bits per heavy atom. The first-order valence-electron chi connectivity index (χ1n) is 20.8. The van der Waals surface area contributed by atoms with Crippen LogP contribution in [0, 0.1) is 0 Å². The first-order chi connectivity index (χ1) is 29.0. The second-order valence-electron chi connectivity index (χ2n) is 16.8. The van der Waals surface area contributed by atoms with E-state index in [0.717, 1.165) is 17.1 Å². The minimum absolute atomic E-state index is 0. The maximum Gasteiger partial charge on any atom is 0.0725 e. The zero-order valence-electron chi connectivity index (χ0n) is 33.2. The van der Waals surface area contributed by atoms with Crippen molar-refractivity contribution >= 4 is 17.1 Å². The smallest absolute Gasteiger partial charge is 0.0725 e. The van der Waals surface area contributed by atoms with Crippen molar-refractivity contribution in [2.45, 2.75) is 32.1 Å². The largest absolute Gasteiger partial charge is 0.310 e. The Bertz CT molecular complexity index is 3090. The van der Waals surface area contributed by atoms with E-state index >= 15 is 0 Å². The molecule has 3 aliphatic carbocycles. The lowest BCUT2D eigenvalue weighted by atomic mass is 9.70. The van der Waals surface area contributed by atoms with Gasteiger partial charge in [-0.3, -0.25) is 0 Å². The molecule has 9 aromatic rings. The van der Waals surface area contributed by atoms with Crippen molar-refractivity contribution in [3.63, 3.8) is 0 Å². The van der Waals surface area contributed by atoms with Gasteiger partial charge < -0.3 is 4.90 Å². The maximum atomic E-state index is 2.44. The van der Waals surface area contributed by atoms with Crippen molar-refractivity contribution in [3.05, 3.63) is 246 Å². The highest BCUT2D eigenvalue weighted by Crippen LogP contribution is 2.63. The minimum atomic E-state index is -0.344. The lowest BCUT2D eigenvalue weighted by Crippen LogP contribution is -2.25. The zero-order valence-corrected chi connectivity index (χ0v) is 33.2. The first-order valence-corrected chi connectivity index (χ1v) is 20.8. The van der Waals surface area contributed by atoms with Crippen LogP contribution < -0.4 is 4.90 Å². The van der Waals surface area contributed by atoms with Crippen LogP contribution in [0.4, 0.5) is 17.1 Å². The van der Waals surface area contributed by atoms with Crippen LogP contribution in [0.15, 0.2) is 212 Å². The van der Waals surface area contributed by atoms with Crippen molar-refractivity contribution in [1.29, 1.82) is 0 Å². The third kappa shape index (κ3) is 4.99. The second kappa shape index (κ2) is 13.4. The fourth-order valence-electron chi connectivity index (χ4n) is 10.8. The van der Waals surface area contributed by atoms with E-state index in [1.165, 1.54) is 89.0 Å². The Hall–Kier alpha value is -7.22. The average molecular weight is 770 g/mol. The molecular weight excluding hydrogens is 723 g/mol. The van der Waals surface area contributed by atoms with Crippen LogP contribution in [-0.2, 0) is 10.8 Å². The van der Waals surface area contributed by atoms with E-state index in [0.29, 0.717) is 0 Å². The molecule has 0 radical (unpaired) electrons.